The number of anilines is 1. The number of nitrogens with zero attached hydrogens (tertiary/aromatic N) is 6. The third-order valence-corrected chi connectivity index (χ3v) is 9.12. The van der Waals surface area contributed by atoms with Crippen molar-refractivity contribution in [1.29, 1.82) is 0 Å². The van der Waals surface area contributed by atoms with Crippen LogP contribution in [0, 0.1) is 29.3 Å². The smallest absolute Gasteiger partial charge is 0.207 e. The van der Waals surface area contributed by atoms with Crippen LogP contribution in [0.1, 0.15) is 31.5 Å². The fraction of sp³-hybridized carbons (Fsp3) is 0.400. The average Bonchev–Trinajstić information content (AvgIpc) is 3.75. The molecule has 0 radical (unpaired) electrons. The lowest BCUT2D eigenvalue weighted by molar-refractivity contribution is 0.255. The Kier molecular flexibility index (Phi) is 5.62. The molecule has 4 aliphatic rings. The number of benzene rings is 2. The Hall–Kier alpha value is -4.08. The van der Waals surface area contributed by atoms with Crippen LogP contribution in [-0.2, 0) is 0 Å². The second-order valence-electron chi connectivity index (χ2n) is 11.7. The molecule has 8 rings (SSSR count). The molecule has 2 N–H and O–H groups in total. The van der Waals surface area contributed by atoms with Gasteiger partial charge in [0, 0.05) is 49.1 Å². The zero-order chi connectivity index (χ0) is 28.7. The number of halogens is 4. The second kappa shape index (κ2) is 9.21. The standard InChI is InChI=1S/C30H25F4N7O/c31-16-11-30(5-1-7-40(30)13-16)6-4-22-36-27-25(34)26(20-10-19(42)8-15-2-3-21(32)24(33)23(15)20)38-39-28(27)29(37-22)41-14-17-9-18(41)12-35-17/h2-3,8,10,16-18,35,42H,1,5,7,9,11-14H2/t16-,17-,18-,30-/m1/s1. The summed E-state index contributed by atoms with van der Waals surface area (Å²) in [5.74, 6) is 3.20. The number of hydrogen-bond acceptors (Lipinski definition) is 8. The van der Waals surface area contributed by atoms with Crippen LogP contribution in [0.2, 0.25) is 0 Å². The van der Waals surface area contributed by atoms with Gasteiger partial charge in [-0.2, -0.15) is 0 Å². The fourth-order valence-electron chi connectivity index (χ4n) is 7.23. The van der Waals surface area contributed by atoms with Crippen molar-refractivity contribution in [2.75, 3.05) is 31.1 Å². The summed E-state index contributed by atoms with van der Waals surface area (Å²) in [6.45, 7) is 2.48. The highest BCUT2D eigenvalue weighted by Gasteiger charge is 2.48. The molecule has 4 atom stereocenters. The van der Waals surface area contributed by atoms with Gasteiger partial charge < -0.3 is 15.3 Å². The molecule has 4 saturated heterocycles. The number of piperazine rings is 1. The van der Waals surface area contributed by atoms with Crippen LogP contribution in [0.3, 0.4) is 0 Å². The first-order chi connectivity index (χ1) is 20.3. The molecule has 4 aliphatic heterocycles. The fourth-order valence-corrected chi connectivity index (χ4v) is 7.23. The van der Waals surface area contributed by atoms with Gasteiger partial charge in [-0.15, -0.1) is 10.2 Å². The molecule has 4 aromatic rings. The average molecular weight is 576 g/mol. The van der Waals surface area contributed by atoms with Crippen molar-refractivity contribution < 1.29 is 22.7 Å². The summed E-state index contributed by atoms with van der Waals surface area (Å²) in [7, 11) is 0. The van der Waals surface area contributed by atoms with E-state index in [1.165, 1.54) is 12.1 Å². The molecule has 0 saturated carbocycles. The Morgan fingerprint density at radius 1 is 1.05 bits per heavy atom. The Morgan fingerprint density at radius 3 is 2.74 bits per heavy atom. The predicted octanol–water partition coefficient (Wildman–Crippen LogP) is 3.84. The van der Waals surface area contributed by atoms with Gasteiger partial charge in [0.25, 0.3) is 0 Å². The molecule has 6 heterocycles. The lowest BCUT2D eigenvalue weighted by Crippen LogP contribution is -2.44. The maximum absolute atomic E-state index is 16.5. The summed E-state index contributed by atoms with van der Waals surface area (Å²) in [5, 5.41) is 22.1. The minimum absolute atomic E-state index is 0.0626. The number of rotatable bonds is 2. The van der Waals surface area contributed by atoms with Crippen LogP contribution >= 0.6 is 0 Å². The molecular weight excluding hydrogens is 550 g/mol. The number of fused-ring (bicyclic) bond motifs is 5. The zero-order valence-electron chi connectivity index (χ0n) is 22.3. The van der Waals surface area contributed by atoms with E-state index in [1.807, 2.05) is 0 Å². The first-order valence-corrected chi connectivity index (χ1v) is 14.1. The topological polar surface area (TPSA) is 90.3 Å². The maximum atomic E-state index is 16.5. The van der Waals surface area contributed by atoms with E-state index in [0.717, 1.165) is 44.5 Å². The molecular formula is C30H25F4N7O. The summed E-state index contributed by atoms with van der Waals surface area (Å²) in [4.78, 5) is 13.3. The molecule has 2 aromatic heterocycles. The first-order valence-electron chi connectivity index (χ1n) is 14.1. The number of aromatic hydroxyl groups is 1. The lowest BCUT2D eigenvalue weighted by Gasteiger charge is -2.29. The van der Waals surface area contributed by atoms with Crippen LogP contribution in [0.4, 0.5) is 23.4 Å². The van der Waals surface area contributed by atoms with Crippen LogP contribution in [0.25, 0.3) is 33.1 Å². The lowest BCUT2D eigenvalue weighted by atomic mass is 9.94. The van der Waals surface area contributed by atoms with E-state index in [0.29, 0.717) is 25.3 Å². The normalized spacial score (nSPS) is 26.8. The van der Waals surface area contributed by atoms with E-state index < -0.39 is 34.9 Å². The van der Waals surface area contributed by atoms with Crippen molar-refractivity contribution in [2.45, 2.75) is 49.5 Å². The second-order valence-corrected chi connectivity index (χ2v) is 11.7. The number of nitrogens with one attached hydrogen (secondary N) is 1. The summed E-state index contributed by atoms with van der Waals surface area (Å²) in [6, 6.07) is 5.00. The van der Waals surface area contributed by atoms with Gasteiger partial charge in [-0.1, -0.05) is 12.0 Å². The Balaban J connectivity index is 1.33. The first kappa shape index (κ1) is 25.6. The third kappa shape index (κ3) is 3.83. The highest BCUT2D eigenvalue weighted by molar-refractivity contribution is 5.99. The molecule has 0 amide bonds. The Morgan fingerprint density at radius 2 is 1.93 bits per heavy atom. The SMILES string of the molecule is Oc1cc(-c2nnc3c(N4C[C@H]5C[C@@H]4CN5)nc(C#C[C@@]45CCCN4C[C@H](F)C5)nc3c2F)c2c(F)c(F)ccc2c1. The highest BCUT2D eigenvalue weighted by Crippen LogP contribution is 2.41. The Bertz CT molecular complexity index is 1860. The molecule has 12 heteroatoms. The predicted molar refractivity (Wildman–Crippen MR) is 147 cm³/mol. The van der Waals surface area contributed by atoms with Gasteiger partial charge in [-0.3, -0.25) is 4.90 Å². The van der Waals surface area contributed by atoms with Gasteiger partial charge in [-0.25, -0.2) is 27.5 Å². The summed E-state index contributed by atoms with van der Waals surface area (Å²) < 4.78 is 60.1. The molecule has 0 aliphatic carbocycles. The minimum atomic E-state index is -1.19. The number of hydrogen-bond donors (Lipinski definition) is 2. The summed E-state index contributed by atoms with van der Waals surface area (Å²) in [5.41, 5.74) is -1.20. The number of aromatic nitrogens is 4. The molecule has 2 aromatic carbocycles. The molecule has 214 valence electrons. The summed E-state index contributed by atoms with van der Waals surface area (Å²) >= 11 is 0. The van der Waals surface area contributed by atoms with Crippen LogP contribution in [-0.4, -0.2) is 80.1 Å². The zero-order valence-corrected chi connectivity index (χ0v) is 22.3. The third-order valence-electron chi connectivity index (χ3n) is 9.12. The van der Waals surface area contributed by atoms with Gasteiger partial charge in [0.2, 0.25) is 5.82 Å². The van der Waals surface area contributed by atoms with Crippen molar-refractivity contribution in [3.63, 3.8) is 0 Å². The van der Waals surface area contributed by atoms with E-state index in [4.69, 9.17) is 4.98 Å². The van der Waals surface area contributed by atoms with E-state index in [2.05, 4.69) is 42.1 Å². The largest absolute Gasteiger partial charge is 0.508 e. The van der Waals surface area contributed by atoms with Gasteiger partial charge in [0.15, 0.2) is 28.8 Å². The Labute approximate surface area is 237 Å². The van der Waals surface area contributed by atoms with E-state index in [-0.39, 0.29) is 51.0 Å². The quantitative estimate of drug-likeness (QED) is 0.275. The minimum Gasteiger partial charge on any atom is -0.508 e. The van der Waals surface area contributed by atoms with Gasteiger partial charge in [0.1, 0.15) is 23.1 Å². The van der Waals surface area contributed by atoms with E-state index in [9.17, 15) is 13.9 Å². The van der Waals surface area contributed by atoms with Crippen LogP contribution < -0.4 is 10.2 Å². The van der Waals surface area contributed by atoms with E-state index >= 15 is 8.78 Å². The van der Waals surface area contributed by atoms with Crippen LogP contribution in [0.15, 0.2) is 24.3 Å². The van der Waals surface area contributed by atoms with Crippen molar-refractivity contribution >= 4 is 27.6 Å². The summed E-state index contributed by atoms with van der Waals surface area (Å²) in [6.07, 6.45) is 1.89. The highest BCUT2D eigenvalue weighted by atomic mass is 19.2. The van der Waals surface area contributed by atoms with Crippen molar-refractivity contribution in [1.82, 2.24) is 30.4 Å². The van der Waals surface area contributed by atoms with Gasteiger partial charge in [0.05, 0.1) is 5.54 Å². The number of alkyl halides is 1. The molecule has 0 spiro atoms. The molecule has 2 bridgehead atoms. The van der Waals surface area contributed by atoms with E-state index in [1.54, 1.807) is 0 Å². The van der Waals surface area contributed by atoms with Crippen molar-refractivity contribution in [3.8, 4) is 28.8 Å². The van der Waals surface area contributed by atoms with Gasteiger partial charge >= 0.3 is 0 Å². The monoisotopic (exact) mass is 575 g/mol. The maximum Gasteiger partial charge on any atom is 0.207 e. The molecule has 42 heavy (non-hydrogen) atoms. The van der Waals surface area contributed by atoms with Crippen LogP contribution in [0.5, 0.6) is 5.75 Å². The molecule has 8 nitrogen and oxygen atoms in total. The number of phenolic OH excluding ortho intramolecular Hbond substituents is 1. The van der Waals surface area contributed by atoms with Crippen molar-refractivity contribution in [2.24, 2.45) is 0 Å². The van der Waals surface area contributed by atoms with Crippen molar-refractivity contribution in [3.05, 3.63) is 47.5 Å². The molecule has 0 unspecified atom stereocenters. The molecule has 4 fully saturated rings. The van der Waals surface area contributed by atoms with Gasteiger partial charge in [-0.05, 0) is 55.3 Å². The number of phenols is 1.